The number of carbonyl (C=O) groups is 1. The van der Waals surface area contributed by atoms with Crippen molar-refractivity contribution in [1.29, 1.82) is 0 Å². The molecule has 7 atom stereocenters. The lowest BCUT2D eigenvalue weighted by molar-refractivity contribution is -0.302. The lowest BCUT2D eigenvalue weighted by atomic mass is 9.90. The summed E-state index contributed by atoms with van der Waals surface area (Å²) in [5, 5.41) is 50.7. The van der Waals surface area contributed by atoms with Gasteiger partial charge in [0.2, 0.25) is 5.75 Å². The van der Waals surface area contributed by atoms with Crippen LogP contribution in [0.1, 0.15) is 28.7 Å². The van der Waals surface area contributed by atoms with Crippen LogP contribution in [-0.4, -0.2) is 97.1 Å². The zero-order chi connectivity index (χ0) is 28.3. The minimum absolute atomic E-state index is 0.115. The van der Waals surface area contributed by atoms with E-state index in [-0.39, 0.29) is 23.9 Å². The lowest BCUT2D eigenvalue weighted by Crippen LogP contribution is -2.59. The van der Waals surface area contributed by atoms with Crippen LogP contribution in [0, 0.1) is 0 Å². The van der Waals surface area contributed by atoms with E-state index in [0.717, 1.165) is 0 Å². The molecule has 39 heavy (non-hydrogen) atoms. The highest BCUT2D eigenvalue weighted by Gasteiger charge is 2.46. The van der Waals surface area contributed by atoms with Crippen LogP contribution < -0.4 is 18.9 Å². The molecule has 0 bridgehead atoms. The maximum atomic E-state index is 10.9. The van der Waals surface area contributed by atoms with Gasteiger partial charge < -0.3 is 54.0 Å². The first-order chi connectivity index (χ1) is 18.8. The van der Waals surface area contributed by atoms with Gasteiger partial charge in [-0.15, -0.1) is 0 Å². The van der Waals surface area contributed by atoms with E-state index in [9.17, 15) is 30.3 Å². The number of ether oxygens (including phenoxy) is 6. The molecule has 2 aliphatic heterocycles. The van der Waals surface area contributed by atoms with Crippen LogP contribution in [0.4, 0.5) is 0 Å². The molecule has 0 aliphatic carbocycles. The van der Waals surface area contributed by atoms with Crippen LogP contribution in [0.15, 0.2) is 30.3 Å². The summed E-state index contributed by atoms with van der Waals surface area (Å²) in [6.45, 7) is -0.713. The van der Waals surface area contributed by atoms with E-state index in [4.69, 9.17) is 28.4 Å². The molecule has 0 saturated carbocycles. The third-order valence-electron chi connectivity index (χ3n) is 6.82. The monoisotopic (exact) mass is 548 g/mol. The number of allylic oxidation sites excluding steroid dienone is 1. The second-order valence-electron chi connectivity index (χ2n) is 9.09. The molecule has 0 aromatic heterocycles. The number of carbonyl (C=O) groups excluding carboxylic acids is 1. The molecule has 2 aromatic carbocycles. The zero-order valence-corrected chi connectivity index (χ0v) is 21.6. The van der Waals surface area contributed by atoms with Crippen molar-refractivity contribution < 1.29 is 58.7 Å². The summed E-state index contributed by atoms with van der Waals surface area (Å²) in [7, 11) is 4.28. The maximum Gasteiger partial charge on any atom is 0.200 e. The number of aliphatic hydroxyl groups excluding tert-OH is 4. The minimum atomic E-state index is -1.60. The molecule has 2 heterocycles. The molecule has 0 amide bonds. The first-order valence-corrected chi connectivity index (χ1v) is 12.1. The van der Waals surface area contributed by atoms with Crippen LogP contribution >= 0.6 is 0 Å². The van der Waals surface area contributed by atoms with Gasteiger partial charge in [-0.1, -0.05) is 6.08 Å². The molecule has 212 valence electrons. The normalized spacial score (nSPS) is 28.1. The molecule has 4 rings (SSSR count). The highest BCUT2D eigenvalue weighted by molar-refractivity contribution is 5.75. The van der Waals surface area contributed by atoms with E-state index >= 15 is 0 Å². The Bertz CT molecular complexity index is 1170. The van der Waals surface area contributed by atoms with Crippen molar-refractivity contribution in [3.05, 3.63) is 47.0 Å². The van der Waals surface area contributed by atoms with E-state index in [0.29, 0.717) is 34.5 Å². The highest BCUT2D eigenvalue weighted by Crippen LogP contribution is 2.53. The summed E-state index contributed by atoms with van der Waals surface area (Å²) >= 11 is 0. The van der Waals surface area contributed by atoms with Gasteiger partial charge in [0.25, 0.3) is 0 Å². The number of methoxy groups -OCH3 is 3. The number of aromatic hydroxyl groups is 1. The Morgan fingerprint density at radius 1 is 0.923 bits per heavy atom. The Labute approximate surface area is 224 Å². The third kappa shape index (κ3) is 5.53. The van der Waals surface area contributed by atoms with E-state index in [1.54, 1.807) is 30.3 Å². The van der Waals surface area contributed by atoms with Crippen LogP contribution in [0.5, 0.6) is 28.7 Å². The van der Waals surface area contributed by atoms with Crippen LogP contribution in [0.3, 0.4) is 0 Å². The molecule has 2 aromatic rings. The largest absolute Gasteiger partial charge is 0.502 e. The molecule has 0 spiro atoms. The number of aldehydes is 1. The smallest absolute Gasteiger partial charge is 0.200 e. The van der Waals surface area contributed by atoms with Crippen LogP contribution in [-0.2, 0) is 14.3 Å². The van der Waals surface area contributed by atoms with Crippen LogP contribution in [0.25, 0.3) is 6.08 Å². The van der Waals surface area contributed by atoms with Crippen molar-refractivity contribution >= 4 is 12.4 Å². The van der Waals surface area contributed by atoms with Gasteiger partial charge in [-0.05, 0) is 35.9 Å². The lowest BCUT2D eigenvalue weighted by Gasteiger charge is -2.40. The van der Waals surface area contributed by atoms with E-state index in [1.807, 2.05) is 0 Å². The SMILES string of the molecule is COc1cc([C@H]2Oc3c(OC)cc(C=CC=O)cc3[C@@H]2CO[C@@H]2O[C@H](CO)[C@@H](O)[C@H](O)[C@H]2O)cc(OC)c1O. The molecule has 1 fully saturated rings. The van der Waals surface area contributed by atoms with Gasteiger partial charge in [0.05, 0.1) is 40.5 Å². The molecule has 1 saturated heterocycles. The van der Waals surface area contributed by atoms with Crippen molar-refractivity contribution in [1.82, 2.24) is 0 Å². The predicted molar refractivity (Wildman–Crippen MR) is 135 cm³/mol. The number of phenolic OH excluding ortho intramolecular Hbond substituents is 1. The average molecular weight is 549 g/mol. The summed E-state index contributed by atoms with van der Waals surface area (Å²) in [4.78, 5) is 10.9. The quantitative estimate of drug-likeness (QED) is 0.208. The number of benzene rings is 2. The van der Waals surface area contributed by atoms with Crippen molar-refractivity contribution in [3.63, 3.8) is 0 Å². The fourth-order valence-corrected chi connectivity index (χ4v) is 4.78. The Kier molecular flexibility index (Phi) is 8.95. The minimum Gasteiger partial charge on any atom is -0.502 e. The topological polar surface area (TPSA) is 174 Å². The van der Waals surface area contributed by atoms with Gasteiger partial charge in [0, 0.05) is 11.1 Å². The van der Waals surface area contributed by atoms with Gasteiger partial charge in [0.1, 0.15) is 36.8 Å². The molecule has 0 unspecified atom stereocenters. The van der Waals surface area contributed by atoms with Gasteiger partial charge in [-0.3, -0.25) is 4.79 Å². The highest BCUT2D eigenvalue weighted by atomic mass is 16.7. The Morgan fingerprint density at radius 2 is 1.59 bits per heavy atom. The van der Waals surface area contributed by atoms with Crippen molar-refractivity contribution in [2.24, 2.45) is 0 Å². The first-order valence-electron chi connectivity index (χ1n) is 12.1. The third-order valence-corrected chi connectivity index (χ3v) is 6.82. The number of hydrogen-bond acceptors (Lipinski definition) is 12. The van der Waals surface area contributed by atoms with Crippen molar-refractivity contribution in [3.8, 4) is 28.7 Å². The van der Waals surface area contributed by atoms with Crippen molar-refractivity contribution in [2.45, 2.75) is 42.7 Å². The van der Waals surface area contributed by atoms with Crippen LogP contribution in [0.2, 0.25) is 0 Å². The van der Waals surface area contributed by atoms with Crippen molar-refractivity contribution in [2.75, 3.05) is 34.5 Å². The van der Waals surface area contributed by atoms with Gasteiger partial charge in [-0.2, -0.15) is 0 Å². The van der Waals surface area contributed by atoms with Gasteiger partial charge in [0.15, 0.2) is 29.3 Å². The molecule has 2 aliphatic rings. The molecule has 5 N–H and O–H groups in total. The Morgan fingerprint density at radius 3 is 2.18 bits per heavy atom. The fourth-order valence-electron chi connectivity index (χ4n) is 4.78. The summed E-state index contributed by atoms with van der Waals surface area (Å²) in [5.74, 6) is 0.366. The first kappa shape index (κ1) is 28.6. The summed E-state index contributed by atoms with van der Waals surface area (Å²) in [5.41, 5.74) is 1.87. The molecule has 12 nitrogen and oxygen atoms in total. The van der Waals surface area contributed by atoms with Gasteiger partial charge in [-0.25, -0.2) is 0 Å². The second-order valence-corrected chi connectivity index (χ2v) is 9.09. The number of aliphatic hydroxyl groups is 4. The standard InChI is InChI=1S/C27H32O12/c1-34-17-9-14(10-18(35-2)21(17)30)25-16(12-37-27-24(33)23(32)22(31)20(11-29)38-27)15-7-13(5-4-6-28)8-19(36-3)26(15)39-25/h4-10,16,20,22-25,27,29-33H,11-12H2,1-3H3/t16-,20+,22+,23-,24+,25+,27+/m0/s1. The van der Waals surface area contributed by atoms with Gasteiger partial charge >= 0.3 is 0 Å². The Hall–Kier alpha value is -3.39. The van der Waals surface area contributed by atoms with E-state index in [1.165, 1.54) is 27.4 Å². The Balaban J connectivity index is 1.75. The predicted octanol–water partition coefficient (Wildman–Crippen LogP) is 0.664. The van der Waals surface area contributed by atoms with E-state index < -0.39 is 49.3 Å². The average Bonchev–Trinajstić information content (AvgIpc) is 3.32. The summed E-state index contributed by atoms with van der Waals surface area (Å²) in [6.07, 6.45) is -4.36. The number of rotatable bonds is 10. The second kappa shape index (κ2) is 12.2. The molecular formula is C27H32O12. The number of hydrogen-bond donors (Lipinski definition) is 5. The molecular weight excluding hydrogens is 516 g/mol. The maximum absolute atomic E-state index is 10.9. The summed E-state index contributed by atoms with van der Waals surface area (Å²) < 4.78 is 33.9. The van der Waals surface area contributed by atoms with E-state index in [2.05, 4.69) is 0 Å². The summed E-state index contributed by atoms with van der Waals surface area (Å²) in [6, 6.07) is 6.69. The number of phenols is 1. The zero-order valence-electron chi connectivity index (χ0n) is 21.6. The number of fused-ring (bicyclic) bond motifs is 1. The molecule has 0 radical (unpaired) electrons. The molecule has 12 heteroatoms. The fraction of sp³-hybridized carbons (Fsp3) is 0.444.